The summed E-state index contributed by atoms with van der Waals surface area (Å²) in [6.07, 6.45) is 5.20. The lowest BCUT2D eigenvalue weighted by molar-refractivity contribution is 0.174. The van der Waals surface area contributed by atoms with Gasteiger partial charge in [0.05, 0.1) is 12.2 Å². The molecule has 3 rings (SSSR count). The van der Waals surface area contributed by atoms with Crippen molar-refractivity contribution in [3.63, 3.8) is 0 Å². The molecule has 1 fully saturated rings. The van der Waals surface area contributed by atoms with Crippen molar-refractivity contribution >= 4 is 0 Å². The van der Waals surface area contributed by atoms with Crippen LogP contribution in [0.25, 0.3) is 0 Å². The van der Waals surface area contributed by atoms with Crippen LogP contribution >= 0.6 is 0 Å². The first-order valence-corrected chi connectivity index (χ1v) is 8.80. The van der Waals surface area contributed by atoms with E-state index in [2.05, 4.69) is 52.0 Å². The zero-order chi connectivity index (χ0) is 17.1. The highest BCUT2D eigenvalue weighted by atomic mass is 16.5. The van der Waals surface area contributed by atoms with Gasteiger partial charge in [-0.3, -0.25) is 14.5 Å². The minimum atomic E-state index is 0.170. The van der Waals surface area contributed by atoms with Crippen molar-refractivity contribution < 1.29 is 4.52 Å². The normalized spacial score (nSPS) is 18.9. The predicted molar refractivity (Wildman–Crippen MR) is 91.5 cm³/mol. The van der Waals surface area contributed by atoms with E-state index in [9.17, 15) is 0 Å². The summed E-state index contributed by atoms with van der Waals surface area (Å²) in [7, 11) is 1.96. The van der Waals surface area contributed by atoms with E-state index >= 15 is 0 Å². The molecule has 0 amide bonds. The fourth-order valence-corrected chi connectivity index (χ4v) is 3.16. The maximum atomic E-state index is 5.48. The summed E-state index contributed by atoms with van der Waals surface area (Å²) in [5, 5.41) is 8.35. The Labute approximate surface area is 143 Å². The van der Waals surface area contributed by atoms with Crippen LogP contribution in [0.2, 0.25) is 0 Å². The van der Waals surface area contributed by atoms with Gasteiger partial charge in [-0.15, -0.1) is 0 Å². The van der Waals surface area contributed by atoms with E-state index in [0.29, 0.717) is 5.92 Å². The topological polar surface area (TPSA) is 63.2 Å². The van der Waals surface area contributed by atoms with Crippen molar-refractivity contribution in [2.45, 2.75) is 45.7 Å². The lowest BCUT2D eigenvalue weighted by atomic mass is 10.2. The largest absolute Gasteiger partial charge is 0.338 e. The zero-order valence-corrected chi connectivity index (χ0v) is 15.1. The Kier molecular flexibility index (Phi) is 5.30. The molecule has 0 spiro atoms. The summed E-state index contributed by atoms with van der Waals surface area (Å²) < 4.78 is 7.34. The highest BCUT2D eigenvalue weighted by Gasteiger charge is 2.24. The highest BCUT2D eigenvalue weighted by Crippen LogP contribution is 2.22. The molecule has 1 aliphatic heterocycles. The van der Waals surface area contributed by atoms with E-state index in [4.69, 9.17) is 4.52 Å². The van der Waals surface area contributed by atoms with Gasteiger partial charge in [0.25, 0.3) is 0 Å². The van der Waals surface area contributed by atoms with Crippen LogP contribution in [0.1, 0.15) is 56.4 Å². The van der Waals surface area contributed by atoms with E-state index < -0.39 is 0 Å². The van der Waals surface area contributed by atoms with Gasteiger partial charge in [-0.2, -0.15) is 10.1 Å². The molecule has 7 nitrogen and oxygen atoms in total. The Morgan fingerprint density at radius 3 is 2.67 bits per heavy atom. The summed E-state index contributed by atoms with van der Waals surface area (Å²) in [6.45, 7) is 11.5. The molecule has 0 radical (unpaired) electrons. The Bertz CT molecular complexity index is 649. The molecule has 0 bridgehead atoms. The van der Waals surface area contributed by atoms with Gasteiger partial charge in [-0.25, -0.2) is 0 Å². The maximum Gasteiger partial charge on any atom is 0.243 e. The predicted octanol–water partition coefficient (Wildman–Crippen LogP) is 2.20. The number of hydrogen-bond donors (Lipinski definition) is 0. The first-order chi connectivity index (χ1) is 11.5. The van der Waals surface area contributed by atoms with Crippen LogP contribution in [0.5, 0.6) is 0 Å². The molecule has 1 aliphatic rings. The van der Waals surface area contributed by atoms with Crippen molar-refractivity contribution in [1.29, 1.82) is 0 Å². The molecular formula is C17H28N6O. The molecule has 0 aliphatic carbocycles. The lowest BCUT2D eigenvalue weighted by Gasteiger charge is -2.25. The van der Waals surface area contributed by atoms with Crippen LogP contribution in [0.15, 0.2) is 16.9 Å². The molecule has 2 aromatic rings. The first kappa shape index (κ1) is 17.1. The van der Waals surface area contributed by atoms with Gasteiger partial charge >= 0.3 is 0 Å². The standard InChI is InChI=1S/C17H28N6O/c1-13(2)16-19-17(24-20-16)14(3)23-7-5-6-22(8-9-23)12-15-10-18-21(4)11-15/h10-11,13-14H,5-9,12H2,1-4H3/t14-/m0/s1. The number of aromatic nitrogens is 4. The summed E-state index contributed by atoms with van der Waals surface area (Å²) in [5.41, 5.74) is 1.28. The van der Waals surface area contributed by atoms with Crippen LogP contribution in [-0.4, -0.2) is 55.9 Å². The summed E-state index contributed by atoms with van der Waals surface area (Å²) >= 11 is 0. The van der Waals surface area contributed by atoms with E-state index in [0.717, 1.165) is 50.9 Å². The van der Waals surface area contributed by atoms with E-state index in [1.165, 1.54) is 5.56 Å². The molecule has 2 aromatic heterocycles. The van der Waals surface area contributed by atoms with Gasteiger partial charge in [0.2, 0.25) is 5.89 Å². The van der Waals surface area contributed by atoms with Crippen LogP contribution in [0, 0.1) is 0 Å². The minimum Gasteiger partial charge on any atom is -0.338 e. The zero-order valence-electron chi connectivity index (χ0n) is 15.1. The van der Waals surface area contributed by atoms with Crippen LogP contribution in [-0.2, 0) is 13.6 Å². The smallest absolute Gasteiger partial charge is 0.243 e. The maximum absolute atomic E-state index is 5.48. The molecule has 24 heavy (non-hydrogen) atoms. The molecule has 1 saturated heterocycles. The molecule has 0 aromatic carbocycles. The monoisotopic (exact) mass is 332 g/mol. The molecule has 132 valence electrons. The van der Waals surface area contributed by atoms with Crippen molar-refractivity contribution in [3.8, 4) is 0 Å². The van der Waals surface area contributed by atoms with Crippen molar-refractivity contribution in [1.82, 2.24) is 29.7 Å². The molecular weight excluding hydrogens is 304 g/mol. The third-order valence-corrected chi connectivity index (χ3v) is 4.67. The van der Waals surface area contributed by atoms with E-state index in [1.807, 2.05) is 17.9 Å². The third kappa shape index (κ3) is 4.02. The van der Waals surface area contributed by atoms with Gasteiger partial charge in [0, 0.05) is 50.9 Å². The van der Waals surface area contributed by atoms with Gasteiger partial charge in [-0.1, -0.05) is 19.0 Å². The van der Waals surface area contributed by atoms with Crippen LogP contribution < -0.4 is 0 Å². The van der Waals surface area contributed by atoms with Crippen LogP contribution in [0.4, 0.5) is 0 Å². The number of aryl methyl sites for hydroxylation is 1. The fraction of sp³-hybridized carbons (Fsp3) is 0.706. The fourth-order valence-electron chi connectivity index (χ4n) is 3.16. The molecule has 1 atom stereocenters. The Hall–Kier alpha value is -1.73. The van der Waals surface area contributed by atoms with Crippen molar-refractivity contribution in [2.75, 3.05) is 26.2 Å². The second-order valence-electron chi connectivity index (χ2n) is 7.01. The second-order valence-corrected chi connectivity index (χ2v) is 7.01. The minimum absolute atomic E-state index is 0.170. The van der Waals surface area contributed by atoms with Gasteiger partial charge in [0.1, 0.15) is 0 Å². The molecule has 0 unspecified atom stereocenters. The summed E-state index contributed by atoms with van der Waals surface area (Å²) in [6, 6.07) is 0.170. The van der Waals surface area contributed by atoms with Crippen molar-refractivity contribution in [3.05, 3.63) is 29.7 Å². The SMILES string of the molecule is CC(C)c1noc([C@H](C)N2CCCN(Cc3cnn(C)c3)CC2)n1. The third-order valence-electron chi connectivity index (χ3n) is 4.67. The number of rotatable bonds is 5. The van der Waals surface area contributed by atoms with Gasteiger partial charge in [-0.05, 0) is 19.9 Å². The molecule has 0 saturated carbocycles. The summed E-state index contributed by atoms with van der Waals surface area (Å²) in [5.74, 6) is 1.83. The Balaban J connectivity index is 1.57. The number of hydrogen-bond acceptors (Lipinski definition) is 6. The highest BCUT2D eigenvalue weighted by molar-refractivity contribution is 5.03. The molecule has 0 N–H and O–H groups in total. The van der Waals surface area contributed by atoms with Crippen LogP contribution in [0.3, 0.4) is 0 Å². The summed E-state index contributed by atoms with van der Waals surface area (Å²) in [4.78, 5) is 9.50. The van der Waals surface area contributed by atoms with E-state index in [-0.39, 0.29) is 6.04 Å². The Morgan fingerprint density at radius 2 is 2.00 bits per heavy atom. The van der Waals surface area contributed by atoms with E-state index in [1.54, 1.807) is 0 Å². The average molecular weight is 332 g/mol. The van der Waals surface area contributed by atoms with Crippen molar-refractivity contribution in [2.24, 2.45) is 7.05 Å². The van der Waals surface area contributed by atoms with Gasteiger partial charge in [0.15, 0.2) is 5.82 Å². The van der Waals surface area contributed by atoms with Gasteiger partial charge < -0.3 is 4.52 Å². The Morgan fingerprint density at radius 1 is 1.17 bits per heavy atom. The average Bonchev–Trinajstić information content (AvgIpc) is 3.12. The quantitative estimate of drug-likeness (QED) is 0.836. The second kappa shape index (κ2) is 7.44. The lowest BCUT2D eigenvalue weighted by Crippen LogP contribution is -2.32. The number of nitrogens with zero attached hydrogens (tertiary/aromatic N) is 6. The molecule has 3 heterocycles. The first-order valence-electron chi connectivity index (χ1n) is 8.80. The molecule has 7 heteroatoms.